The van der Waals surface area contributed by atoms with E-state index in [1.165, 1.54) is 12.1 Å². The van der Waals surface area contributed by atoms with E-state index in [1.807, 2.05) is 0 Å². The van der Waals surface area contributed by atoms with Crippen LogP contribution in [-0.2, 0) is 28.6 Å². The van der Waals surface area contributed by atoms with Gasteiger partial charge in [-0.2, -0.15) is 0 Å². The maximum atomic E-state index is 11.8. The molecular formula is C10H10Br2N2O6. The molecule has 0 aromatic rings. The molecule has 1 amide bonds. The number of nitrogens with one attached hydrogen (secondary N) is 1. The Balaban J connectivity index is 2.82. The van der Waals surface area contributed by atoms with Gasteiger partial charge in [0.15, 0.2) is 0 Å². The summed E-state index contributed by atoms with van der Waals surface area (Å²) in [5, 5.41) is 2.23. The quantitative estimate of drug-likeness (QED) is 0.305. The number of carbonyl (C=O) groups is 3. The number of esters is 2. The maximum Gasteiger partial charge on any atom is 0.355 e. The number of rotatable bonds is 4. The Morgan fingerprint density at radius 1 is 1.40 bits per heavy atom. The van der Waals surface area contributed by atoms with Crippen molar-refractivity contribution in [3.63, 3.8) is 0 Å². The van der Waals surface area contributed by atoms with Crippen molar-refractivity contribution in [1.82, 2.24) is 5.32 Å². The molecule has 1 rings (SSSR count). The molecule has 1 aliphatic heterocycles. The van der Waals surface area contributed by atoms with Gasteiger partial charge in [0.05, 0.1) is 14.2 Å². The van der Waals surface area contributed by atoms with Crippen molar-refractivity contribution in [2.75, 3.05) is 20.8 Å². The van der Waals surface area contributed by atoms with E-state index in [0.717, 1.165) is 7.11 Å². The van der Waals surface area contributed by atoms with E-state index in [1.54, 1.807) is 0 Å². The number of methoxy groups -OCH3 is 2. The molecule has 8 nitrogen and oxygen atoms in total. The lowest BCUT2D eigenvalue weighted by Crippen LogP contribution is -2.33. The Morgan fingerprint density at radius 2 is 2.05 bits per heavy atom. The number of hydrogen-bond donors (Lipinski definition) is 1. The minimum absolute atomic E-state index is 0.144. The van der Waals surface area contributed by atoms with Gasteiger partial charge in [-0.3, -0.25) is 4.79 Å². The van der Waals surface area contributed by atoms with Crippen molar-refractivity contribution in [2.24, 2.45) is 4.99 Å². The van der Waals surface area contributed by atoms with Gasteiger partial charge in [0.2, 0.25) is 4.45 Å². The molecule has 1 unspecified atom stereocenters. The van der Waals surface area contributed by atoms with Crippen LogP contribution < -0.4 is 5.32 Å². The molecule has 110 valence electrons. The highest BCUT2D eigenvalue weighted by atomic mass is 79.9. The van der Waals surface area contributed by atoms with Crippen LogP contribution in [0.2, 0.25) is 0 Å². The third-order valence-corrected chi connectivity index (χ3v) is 3.32. The molecule has 0 spiro atoms. The van der Waals surface area contributed by atoms with Gasteiger partial charge in [-0.25, -0.2) is 14.6 Å². The Morgan fingerprint density at radius 3 is 2.55 bits per heavy atom. The Kier molecular flexibility index (Phi) is 5.69. The van der Waals surface area contributed by atoms with Crippen LogP contribution in [0.25, 0.3) is 0 Å². The van der Waals surface area contributed by atoms with Crippen LogP contribution >= 0.6 is 31.9 Å². The number of hydrogen-bond acceptors (Lipinski definition) is 7. The van der Waals surface area contributed by atoms with E-state index in [2.05, 4.69) is 51.6 Å². The number of ether oxygens (including phenoxy) is 3. The number of alkyl halides is 1. The van der Waals surface area contributed by atoms with Gasteiger partial charge in [0, 0.05) is 4.99 Å². The van der Waals surface area contributed by atoms with Crippen molar-refractivity contribution >= 4 is 55.6 Å². The lowest BCUT2D eigenvalue weighted by molar-refractivity contribution is -0.143. The fourth-order valence-corrected chi connectivity index (χ4v) is 1.91. The van der Waals surface area contributed by atoms with Crippen LogP contribution in [0.4, 0.5) is 0 Å². The second-order valence-corrected chi connectivity index (χ2v) is 5.19. The summed E-state index contributed by atoms with van der Waals surface area (Å²) in [6.45, 7) is -0.200. The van der Waals surface area contributed by atoms with Crippen LogP contribution in [0.1, 0.15) is 0 Å². The van der Waals surface area contributed by atoms with E-state index in [-0.39, 0.29) is 18.2 Å². The summed E-state index contributed by atoms with van der Waals surface area (Å²) in [6.07, 6.45) is 0. The van der Waals surface area contributed by atoms with Crippen LogP contribution in [0.3, 0.4) is 0 Å². The molecule has 1 aliphatic rings. The maximum absolute atomic E-state index is 11.8. The van der Waals surface area contributed by atoms with Crippen LogP contribution in [0.5, 0.6) is 0 Å². The predicted octanol–water partition coefficient (Wildman–Crippen LogP) is 0.205. The summed E-state index contributed by atoms with van der Waals surface area (Å²) in [4.78, 5) is 39.5. The molecule has 20 heavy (non-hydrogen) atoms. The lowest BCUT2D eigenvalue weighted by atomic mass is 10.3. The van der Waals surface area contributed by atoms with Crippen molar-refractivity contribution in [2.45, 2.75) is 4.45 Å². The number of halogens is 2. The fraction of sp³-hybridized carbons (Fsp3) is 0.400. The van der Waals surface area contributed by atoms with Gasteiger partial charge in [-0.15, -0.1) is 0 Å². The molecule has 0 saturated carbocycles. The van der Waals surface area contributed by atoms with Crippen molar-refractivity contribution < 1.29 is 28.6 Å². The second kappa shape index (κ2) is 6.84. The molecule has 0 radical (unpaired) electrons. The number of aliphatic imine (C=N–C) groups is 1. The van der Waals surface area contributed by atoms with Crippen molar-refractivity contribution in [1.29, 1.82) is 0 Å². The Hall–Kier alpha value is -1.42. The predicted molar refractivity (Wildman–Crippen MR) is 74.2 cm³/mol. The normalized spacial score (nSPS) is 21.6. The molecule has 0 fully saturated rings. The van der Waals surface area contributed by atoms with E-state index >= 15 is 0 Å². The average Bonchev–Trinajstić information content (AvgIpc) is 2.86. The largest absolute Gasteiger partial charge is 0.470 e. The topological polar surface area (TPSA) is 103 Å². The summed E-state index contributed by atoms with van der Waals surface area (Å²) >= 11 is 5.93. The minimum atomic E-state index is -1.46. The lowest BCUT2D eigenvalue weighted by Gasteiger charge is -2.11. The number of nitrogens with zero attached hydrogens (tertiary/aromatic N) is 1. The summed E-state index contributed by atoms with van der Waals surface area (Å²) in [5.41, 5.74) is -0.144. The van der Waals surface area contributed by atoms with Crippen LogP contribution in [-0.4, -0.2) is 49.0 Å². The summed E-state index contributed by atoms with van der Waals surface area (Å²) in [5.74, 6) is -2.62. The van der Waals surface area contributed by atoms with Crippen molar-refractivity contribution in [3.8, 4) is 0 Å². The third kappa shape index (κ3) is 3.57. The van der Waals surface area contributed by atoms with Crippen LogP contribution in [0, 0.1) is 0 Å². The smallest absolute Gasteiger partial charge is 0.355 e. The first-order valence-corrected chi connectivity index (χ1v) is 6.79. The van der Waals surface area contributed by atoms with Gasteiger partial charge < -0.3 is 19.5 Å². The number of carbonyl (C=O) groups excluding carboxylic acids is 3. The Labute approximate surface area is 130 Å². The zero-order chi connectivity index (χ0) is 15.3. The highest BCUT2D eigenvalue weighted by Crippen LogP contribution is 2.27. The molecule has 0 aliphatic carbocycles. The molecule has 0 aromatic heterocycles. The first kappa shape index (κ1) is 16.6. The van der Waals surface area contributed by atoms with Crippen molar-refractivity contribution in [3.05, 3.63) is 10.7 Å². The highest BCUT2D eigenvalue weighted by Gasteiger charge is 2.44. The summed E-state index contributed by atoms with van der Waals surface area (Å²) in [6, 6.07) is 0. The standard InChI is InChI=1S/C10H10Br2N2O6/c1-18-8(16)5(3-11)13-6(15)7-14-10(12,4-20-7)9(17)19-2/h3H,4H2,1-2H3,(H,13,15)/b5-3+. The van der Waals surface area contributed by atoms with Crippen LogP contribution in [0.15, 0.2) is 15.7 Å². The van der Waals surface area contributed by atoms with Gasteiger partial charge in [-0.05, 0) is 15.9 Å². The van der Waals surface area contributed by atoms with E-state index in [9.17, 15) is 14.4 Å². The van der Waals surface area contributed by atoms with Gasteiger partial charge in [0.1, 0.15) is 12.3 Å². The number of amides is 1. The first-order chi connectivity index (χ1) is 9.37. The van der Waals surface area contributed by atoms with E-state index in [0.29, 0.717) is 0 Å². The monoisotopic (exact) mass is 412 g/mol. The zero-order valence-corrected chi connectivity index (χ0v) is 13.6. The summed E-state index contributed by atoms with van der Waals surface area (Å²) < 4.78 is 12.5. The van der Waals surface area contributed by atoms with Gasteiger partial charge >= 0.3 is 17.8 Å². The molecule has 1 atom stereocenters. The van der Waals surface area contributed by atoms with Gasteiger partial charge in [0.25, 0.3) is 5.90 Å². The molecule has 0 saturated heterocycles. The van der Waals surface area contributed by atoms with E-state index in [4.69, 9.17) is 4.74 Å². The zero-order valence-electron chi connectivity index (χ0n) is 10.4. The highest BCUT2D eigenvalue weighted by molar-refractivity contribution is 9.11. The molecule has 0 aromatic carbocycles. The third-order valence-electron chi connectivity index (χ3n) is 2.13. The molecule has 10 heteroatoms. The first-order valence-electron chi connectivity index (χ1n) is 5.08. The SMILES string of the molecule is COC(=O)/C(=C\Br)NC(=O)C1=NC(Br)(C(=O)OC)CO1. The second-order valence-electron chi connectivity index (χ2n) is 3.43. The molecule has 1 N–H and O–H groups in total. The molecule has 0 bridgehead atoms. The van der Waals surface area contributed by atoms with E-state index < -0.39 is 22.3 Å². The fourth-order valence-electron chi connectivity index (χ4n) is 1.18. The summed E-state index contributed by atoms with van der Waals surface area (Å²) in [7, 11) is 2.34. The minimum Gasteiger partial charge on any atom is -0.470 e. The van der Waals surface area contributed by atoms with Gasteiger partial charge in [-0.1, -0.05) is 15.9 Å². The average molecular weight is 414 g/mol. The molecular weight excluding hydrogens is 404 g/mol. The Bertz CT molecular complexity index is 504. The molecule has 1 heterocycles.